The Morgan fingerprint density at radius 3 is 2.79 bits per heavy atom. The van der Waals surface area contributed by atoms with Crippen molar-refractivity contribution in [3.63, 3.8) is 0 Å². The normalized spacial score (nSPS) is 11.2. The summed E-state index contributed by atoms with van der Waals surface area (Å²) in [5.74, 6) is 0.863. The van der Waals surface area contributed by atoms with E-state index in [1.165, 1.54) is 0 Å². The maximum Gasteiger partial charge on any atom is 0.179 e. The van der Waals surface area contributed by atoms with Gasteiger partial charge in [-0.15, -0.1) is 0 Å². The first-order valence-electron chi connectivity index (χ1n) is 6.46. The Kier molecular flexibility index (Phi) is 3.90. The zero-order valence-corrected chi connectivity index (χ0v) is 11.8. The number of aromatic nitrogens is 1. The molecule has 0 saturated heterocycles. The molecule has 2 aromatic rings. The lowest BCUT2D eigenvalue weighted by Crippen LogP contribution is -2.29. The van der Waals surface area contributed by atoms with Gasteiger partial charge in [0.1, 0.15) is 5.75 Å². The molecule has 0 radical (unpaired) electrons. The van der Waals surface area contributed by atoms with Crippen LogP contribution in [0.2, 0.25) is 0 Å². The quantitative estimate of drug-likeness (QED) is 0.813. The first-order valence-corrected chi connectivity index (χ1v) is 6.46. The van der Waals surface area contributed by atoms with E-state index in [1.807, 2.05) is 39.0 Å². The minimum Gasteiger partial charge on any atom is -0.495 e. The number of para-hydroxylation sites is 1. The largest absolute Gasteiger partial charge is 0.495 e. The Labute approximate surface area is 113 Å². The predicted octanol–water partition coefficient (Wildman–Crippen LogP) is 2.67. The highest BCUT2D eigenvalue weighted by Crippen LogP contribution is 2.29. The van der Waals surface area contributed by atoms with E-state index in [2.05, 4.69) is 10.3 Å². The lowest BCUT2D eigenvalue weighted by atomic mass is 10.1. The van der Waals surface area contributed by atoms with Gasteiger partial charge in [-0.25, -0.2) is 0 Å². The van der Waals surface area contributed by atoms with Gasteiger partial charge in [0.2, 0.25) is 0 Å². The zero-order chi connectivity index (χ0) is 14.0. The van der Waals surface area contributed by atoms with Gasteiger partial charge in [-0.3, -0.25) is 4.79 Å². The van der Waals surface area contributed by atoms with Crippen LogP contribution in [-0.2, 0) is 0 Å². The average Bonchev–Trinajstić information content (AvgIpc) is 2.71. The van der Waals surface area contributed by atoms with Crippen LogP contribution in [0.15, 0.2) is 18.2 Å². The maximum absolute atomic E-state index is 12.3. The molecule has 102 valence electrons. The molecule has 19 heavy (non-hydrogen) atoms. The third-order valence-electron chi connectivity index (χ3n) is 3.15. The average molecular weight is 260 g/mol. The number of benzene rings is 1. The molecule has 2 rings (SSSR count). The van der Waals surface area contributed by atoms with E-state index < -0.39 is 0 Å². The van der Waals surface area contributed by atoms with Gasteiger partial charge in [0.15, 0.2) is 5.78 Å². The number of nitrogens with one attached hydrogen (secondary N) is 2. The summed E-state index contributed by atoms with van der Waals surface area (Å²) in [5, 5.41) is 4.08. The number of methoxy groups -OCH3 is 1. The number of aromatic amines is 1. The van der Waals surface area contributed by atoms with Crippen molar-refractivity contribution in [1.82, 2.24) is 10.3 Å². The van der Waals surface area contributed by atoms with Crippen LogP contribution in [0.5, 0.6) is 5.75 Å². The number of ketones is 1. The molecule has 0 fully saturated rings. The summed E-state index contributed by atoms with van der Waals surface area (Å²) < 4.78 is 5.32. The highest BCUT2D eigenvalue weighted by molar-refractivity contribution is 6.11. The van der Waals surface area contributed by atoms with Crippen molar-refractivity contribution in [2.45, 2.75) is 26.8 Å². The van der Waals surface area contributed by atoms with Crippen LogP contribution >= 0.6 is 0 Å². The second kappa shape index (κ2) is 5.45. The number of carbonyl (C=O) groups is 1. The second-order valence-electron chi connectivity index (χ2n) is 4.97. The zero-order valence-electron chi connectivity index (χ0n) is 11.8. The Balaban J connectivity index is 2.43. The molecule has 0 amide bonds. The molecule has 1 aromatic heterocycles. The molecule has 2 N–H and O–H groups in total. The van der Waals surface area contributed by atoms with Crippen molar-refractivity contribution in [1.29, 1.82) is 0 Å². The lowest BCUT2D eigenvalue weighted by Gasteiger charge is -2.07. The van der Waals surface area contributed by atoms with E-state index in [0.717, 1.165) is 27.9 Å². The minimum absolute atomic E-state index is 0.103. The molecule has 0 atom stereocenters. The van der Waals surface area contributed by atoms with Crippen LogP contribution in [0, 0.1) is 6.92 Å². The molecule has 0 saturated carbocycles. The molecular formula is C15H20N2O2. The molecule has 0 spiro atoms. The molecular weight excluding hydrogens is 240 g/mol. The summed E-state index contributed by atoms with van der Waals surface area (Å²) in [6.45, 7) is 6.32. The van der Waals surface area contributed by atoms with E-state index in [9.17, 15) is 4.79 Å². The molecule has 1 aromatic carbocycles. The van der Waals surface area contributed by atoms with Crippen LogP contribution in [0.4, 0.5) is 0 Å². The molecule has 0 aliphatic heterocycles. The second-order valence-corrected chi connectivity index (χ2v) is 4.97. The molecule has 4 nitrogen and oxygen atoms in total. The number of fused-ring (bicyclic) bond motifs is 1. The van der Waals surface area contributed by atoms with Gasteiger partial charge in [0, 0.05) is 22.7 Å². The third-order valence-corrected chi connectivity index (χ3v) is 3.15. The van der Waals surface area contributed by atoms with Crippen LogP contribution in [0.3, 0.4) is 0 Å². The molecule has 0 aliphatic rings. The van der Waals surface area contributed by atoms with Gasteiger partial charge in [-0.05, 0) is 13.0 Å². The highest BCUT2D eigenvalue weighted by atomic mass is 16.5. The maximum atomic E-state index is 12.3. The molecule has 1 heterocycles. The minimum atomic E-state index is 0.103. The molecule has 4 heteroatoms. The van der Waals surface area contributed by atoms with Gasteiger partial charge in [0.05, 0.1) is 19.2 Å². The monoisotopic (exact) mass is 260 g/mol. The number of H-pyrrole nitrogens is 1. The molecule has 0 aliphatic carbocycles. The van der Waals surface area contributed by atoms with Crippen molar-refractivity contribution >= 4 is 16.7 Å². The smallest absolute Gasteiger partial charge is 0.179 e. The van der Waals surface area contributed by atoms with Gasteiger partial charge in [-0.2, -0.15) is 0 Å². The van der Waals surface area contributed by atoms with Gasteiger partial charge < -0.3 is 15.0 Å². The van der Waals surface area contributed by atoms with Crippen LogP contribution in [0.1, 0.15) is 29.9 Å². The van der Waals surface area contributed by atoms with E-state index in [-0.39, 0.29) is 5.78 Å². The first-order chi connectivity index (χ1) is 9.04. The van der Waals surface area contributed by atoms with Crippen LogP contribution in [0.25, 0.3) is 10.9 Å². The van der Waals surface area contributed by atoms with E-state index >= 15 is 0 Å². The fourth-order valence-corrected chi connectivity index (χ4v) is 2.24. The number of hydrogen-bond donors (Lipinski definition) is 2. The Hall–Kier alpha value is -1.81. The Bertz CT molecular complexity index is 599. The fourth-order valence-electron chi connectivity index (χ4n) is 2.24. The van der Waals surface area contributed by atoms with Gasteiger partial charge >= 0.3 is 0 Å². The summed E-state index contributed by atoms with van der Waals surface area (Å²) in [7, 11) is 1.63. The number of aryl methyl sites for hydroxylation is 1. The SMILES string of the molecule is COc1cccc2c(C(=O)CNC(C)C)c(C)[nH]c12. The van der Waals surface area contributed by atoms with Crippen molar-refractivity contribution in [2.24, 2.45) is 0 Å². The van der Waals surface area contributed by atoms with E-state index in [0.29, 0.717) is 12.6 Å². The van der Waals surface area contributed by atoms with Gasteiger partial charge in [-0.1, -0.05) is 26.0 Å². The fraction of sp³-hybridized carbons (Fsp3) is 0.400. The first kappa shape index (κ1) is 13.6. The predicted molar refractivity (Wildman–Crippen MR) is 77.1 cm³/mol. The van der Waals surface area contributed by atoms with Crippen molar-refractivity contribution in [3.05, 3.63) is 29.5 Å². The van der Waals surface area contributed by atoms with Crippen molar-refractivity contribution in [3.8, 4) is 5.75 Å². The number of carbonyl (C=O) groups excluding carboxylic acids is 1. The summed E-state index contributed by atoms with van der Waals surface area (Å²) in [6.07, 6.45) is 0. The number of Topliss-reactive ketones (excluding diaryl/α,β-unsaturated/α-hetero) is 1. The Morgan fingerprint density at radius 2 is 2.16 bits per heavy atom. The van der Waals surface area contributed by atoms with E-state index in [1.54, 1.807) is 7.11 Å². The lowest BCUT2D eigenvalue weighted by molar-refractivity contribution is 0.0989. The summed E-state index contributed by atoms with van der Waals surface area (Å²) in [5.41, 5.74) is 2.52. The van der Waals surface area contributed by atoms with Crippen molar-refractivity contribution < 1.29 is 9.53 Å². The Morgan fingerprint density at radius 1 is 1.42 bits per heavy atom. The molecule has 0 unspecified atom stereocenters. The standard InChI is InChI=1S/C15H20N2O2/c1-9(2)16-8-12(18)14-10(3)17-15-11(14)6-5-7-13(15)19-4/h5-7,9,16-17H,8H2,1-4H3. The van der Waals surface area contributed by atoms with Crippen molar-refractivity contribution in [2.75, 3.05) is 13.7 Å². The summed E-state index contributed by atoms with van der Waals surface area (Å²) in [6, 6.07) is 6.04. The molecule has 0 bridgehead atoms. The van der Waals surface area contributed by atoms with Crippen LogP contribution in [-0.4, -0.2) is 30.5 Å². The number of rotatable bonds is 5. The topological polar surface area (TPSA) is 54.1 Å². The van der Waals surface area contributed by atoms with E-state index in [4.69, 9.17) is 4.74 Å². The summed E-state index contributed by atoms with van der Waals surface area (Å²) in [4.78, 5) is 15.6. The van der Waals surface area contributed by atoms with Gasteiger partial charge in [0.25, 0.3) is 0 Å². The number of hydrogen-bond acceptors (Lipinski definition) is 3. The number of ether oxygens (including phenoxy) is 1. The highest BCUT2D eigenvalue weighted by Gasteiger charge is 2.17. The third kappa shape index (κ3) is 2.63. The van der Waals surface area contributed by atoms with Crippen LogP contribution < -0.4 is 10.1 Å². The summed E-state index contributed by atoms with van der Waals surface area (Å²) >= 11 is 0.